The van der Waals surface area contributed by atoms with E-state index < -0.39 is 17.7 Å². The number of ether oxygens (including phenoxy) is 1. The molecule has 0 fully saturated rings. The van der Waals surface area contributed by atoms with Gasteiger partial charge in [0.15, 0.2) is 0 Å². The van der Waals surface area contributed by atoms with E-state index in [0.717, 1.165) is 23.6 Å². The lowest BCUT2D eigenvalue weighted by Crippen LogP contribution is -2.08. The first-order valence-corrected chi connectivity index (χ1v) is 7.74. The predicted octanol–water partition coefficient (Wildman–Crippen LogP) is 4.09. The molecular formula is C15H14F3N3O2S. The van der Waals surface area contributed by atoms with Crippen LogP contribution in [-0.2, 0) is 10.9 Å². The number of carbonyl (C=O) groups excluding carboxylic acids is 1. The summed E-state index contributed by atoms with van der Waals surface area (Å²) in [6.07, 6.45) is -3.40. The normalized spacial score (nSPS) is 11.7. The second-order valence-electron chi connectivity index (χ2n) is 4.61. The van der Waals surface area contributed by atoms with Crippen molar-refractivity contribution in [3.05, 3.63) is 46.0 Å². The molecule has 9 heteroatoms. The molecule has 0 atom stereocenters. The number of carbonyl (C=O) groups is 1. The number of anilines is 1. The topological polar surface area (TPSA) is 63.6 Å². The Morgan fingerprint density at radius 1 is 1.42 bits per heavy atom. The molecule has 1 N–H and O–H groups in total. The first-order valence-electron chi connectivity index (χ1n) is 6.92. The lowest BCUT2D eigenvalue weighted by Gasteiger charge is -2.08. The monoisotopic (exact) mass is 357 g/mol. The van der Waals surface area contributed by atoms with Crippen molar-refractivity contribution in [2.24, 2.45) is 5.10 Å². The summed E-state index contributed by atoms with van der Waals surface area (Å²) in [7, 11) is 0. The van der Waals surface area contributed by atoms with Crippen LogP contribution in [0.5, 0.6) is 0 Å². The summed E-state index contributed by atoms with van der Waals surface area (Å²) < 4.78 is 43.5. The van der Waals surface area contributed by atoms with Crippen LogP contribution >= 0.6 is 11.3 Å². The van der Waals surface area contributed by atoms with E-state index in [1.54, 1.807) is 13.8 Å². The highest BCUT2D eigenvalue weighted by molar-refractivity contribution is 7.17. The second-order valence-corrected chi connectivity index (χ2v) is 5.61. The molecule has 0 amide bonds. The third kappa shape index (κ3) is 4.31. The molecule has 0 unspecified atom stereocenters. The minimum absolute atomic E-state index is 0.0728. The minimum atomic E-state index is -4.46. The van der Waals surface area contributed by atoms with Gasteiger partial charge in [-0.05, 0) is 19.9 Å². The van der Waals surface area contributed by atoms with Gasteiger partial charge in [-0.25, -0.2) is 9.78 Å². The zero-order valence-electron chi connectivity index (χ0n) is 12.8. The Morgan fingerprint density at radius 2 is 2.12 bits per heavy atom. The van der Waals surface area contributed by atoms with Crippen molar-refractivity contribution < 1.29 is 22.7 Å². The first kappa shape index (κ1) is 17.9. The number of hydrogen-bond acceptors (Lipinski definition) is 6. The molecule has 0 radical (unpaired) electrons. The van der Waals surface area contributed by atoms with Gasteiger partial charge in [0.2, 0.25) is 5.13 Å². The van der Waals surface area contributed by atoms with Gasteiger partial charge in [-0.15, -0.1) is 0 Å². The molecule has 0 aliphatic heterocycles. The number of alkyl halides is 3. The van der Waals surface area contributed by atoms with E-state index in [1.165, 1.54) is 18.2 Å². The number of aryl methyl sites for hydroxylation is 1. The van der Waals surface area contributed by atoms with Gasteiger partial charge in [-0.3, -0.25) is 5.43 Å². The van der Waals surface area contributed by atoms with Gasteiger partial charge in [0.05, 0.1) is 24.1 Å². The SMILES string of the molecule is CCOC(=O)c1sc(NN=Cc2ccccc2C(F)(F)F)nc1C. The summed E-state index contributed by atoms with van der Waals surface area (Å²) >= 11 is 1.02. The number of halogens is 3. The number of hydrazone groups is 1. The van der Waals surface area contributed by atoms with Crippen molar-refractivity contribution >= 4 is 28.7 Å². The minimum Gasteiger partial charge on any atom is -0.462 e. The summed E-state index contributed by atoms with van der Waals surface area (Å²) in [5.74, 6) is -0.494. The van der Waals surface area contributed by atoms with Crippen LogP contribution in [0.4, 0.5) is 18.3 Å². The van der Waals surface area contributed by atoms with Crippen molar-refractivity contribution in [1.29, 1.82) is 0 Å². The third-order valence-corrected chi connectivity index (χ3v) is 3.93. The molecule has 2 rings (SSSR count). The van der Waals surface area contributed by atoms with Crippen molar-refractivity contribution in [2.45, 2.75) is 20.0 Å². The highest BCUT2D eigenvalue weighted by Crippen LogP contribution is 2.31. The molecule has 1 aromatic carbocycles. The molecule has 0 aliphatic carbocycles. The molecule has 2 aromatic rings. The highest BCUT2D eigenvalue weighted by Gasteiger charge is 2.32. The van der Waals surface area contributed by atoms with Crippen LogP contribution < -0.4 is 5.43 Å². The van der Waals surface area contributed by atoms with Crippen molar-refractivity contribution in [3.8, 4) is 0 Å². The number of nitrogens with zero attached hydrogens (tertiary/aromatic N) is 2. The van der Waals surface area contributed by atoms with Crippen molar-refractivity contribution in [2.75, 3.05) is 12.0 Å². The quantitative estimate of drug-likeness (QED) is 0.497. The van der Waals surface area contributed by atoms with Gasteiger partial charge in [0.25, 0.3) is 0 Å². The van der Waals surface area contributed by atoms with E-state index in [4.69, 9.17) is 4.74 Å². The summed E-state index contributed by atoms with van der Waals surface area (Å²) in [6, 6.07) is 5.09. The predicted molar refractivity (Wildman–Crippen MR) is 85.5 cm³/mol. The average molecular weight is 357 g/mol. The van der Waals surface area contributed by atoms with Gasteiger partial charge in [0, 0.05) is 5.56 Å². The molecule has 0 spiro atoms. The molecule has 128 valence electrons. The van der Waals surface area contributed by atoms with E-state index in [9.17, 15) is 18.0 Å². The van der Waals surface area contributed by atoms with E-state index >= 15 is 0 Å². The molecule has 5 nitrogen and oxygen atoms in total. The Hall–Kier alpha value is -2.42. The molecule has 0 aliphatic rings. The number of rotatable bonds is 5. The van der Waals surface area contributed by atoms with Crippen molar-refractivity contribution in [3.63, 3.8) is 0 Å². The van der Waals surface area contributed by atoms with Gasteiger partial charge in [-0.1, -0.05) is 29.5 Å². The number of hydrogen-bond donors (Lipinski definition) is 1. The lowest BCUT2D eigenvalue weighted by molar-refractivity contribution is -0.137. The van der Waals surface area contributed by atoms with Gasteiger partial charge < -0.3 is 4.74 Å². The van der Waals surface area contributed by atoms with E-state index in [0.29, 0.717) is 10.6 Å². The molecule has 24 heavy (non-hydrogen) atoms. The second kappa shape index (κ2) is 7.43. The largest absolute Gasteiger partial charge is 0.462 e. The third-order valence-electron chi connectivity index (χ3n) is 2.89. The van der Waals surface area contributed by atoms with Gasteiger partial charge >= 0.3 is 12.1 Å². The van der Waals surface area contributed by atoms with Crippen LogP contribution in [0.15, 0.2) is 29.4 Å². The van der Waals surface area contributed by atoms with E-state index in [1.807, 2.05) is 0 Å². The lowest BCUT2D eigenvalue weighted by atomic mass is 10.1. The molecule has 1 aromatic heterocycles. The van der Waals surface area contributed by atoms with Gasteiger partial charge in [-0.2, -0.15) is 18.3 Å². The fourth-order valence-corrected chi connectivity index (χ4v) is 2.66. The Bertz CT molecular complexity index is 757. The van der Waals surface area contributed by atoms with E-state index in [2.05, 4.69) is 15.5 Å². The average Bonchev–Trinajstić information content (AvgIpc) is 2.88. The van der Waals surface area contributed by atoms with Crippen LogP contribution in [0.3, 0.4) is 0 Å². The number of nitrogens with one attached hydrogen (secondary N) is 1. The number of aromatic nitrogens is 1. The Balaban J connectivity index is 2.13. The van der Waals surface area contributed by atoms with Crippen LogP contribution in [-0.4, -0.2) is 23.8 Å². The summed E-state index contributed by atoms with van der Waals surface area (Å²) in [6.45, 7) is 3.57. The molecule has 0 saturated heterocycles. The number of benzene rings is 1. The number of thiazole rings is 1. The maximum absolute atomic E-state index is 12.9. The smallest absolute Gasteiger partial charge is 0.417 e. The van der Waals surface area contributed by atoms with Crippen LogP contribution in [0.2, 0.25) is 0 Å². The molecule has 1 heterocycles. The first-order chi connectivity index (χ1) is 11.3. The standard InChI is InChI=1S/C15H14F3N3O2S/c1-3-23-13(22)12-9(2)20-14(24-12)21-19-8-10-6-4-5-7-11(10)15(16,17)18/h4-8H,3H2,1-2H3,(H,20,21). The summed E-state index contributed by atoms with van der Waals surface area (Å²) in [4.78, 5) is 16.1. The Kier molecular flexibility index (Phi) is 5.55. The summed E-state index contributed by atoms with van der Waals surface area (Å²) in [5.41, 5.74) is 2.14. The van der Waals surface area contributed by atoms with E-state index in [-0.39, 0.29) is 17.3 Å². The fraction of sp³-hybridized carbons (Fsp3) is 0.267. The van der Waals surface area contributed by atoms with Crippen molar-refractivity contribution in [1.82, 2.24) is 4.98 Å². The van der Waals surface area contributed by atoms with Crippen LogP contribution in [0.25, 0.3) is 0 Å². The highest BCUT2D eigenvalue weighted by atomic mass is 32.1. The molecular weight excluding hydrogens is 343 g/mol. The zero-order valence-corrected chi connectivity index (χ0v) is 13.7. The van der Waals surface area contributed by atoms with Crippen LogP contribution in [0.1, 0.15) is 33.4 Å². The zero-order chi connectivity index (χ0) is 17.7. The molecule has 0 saturated carbocycles. The summed E-state index contributed by atoms with van der Waals surface area (Å²) in [5, 5.41) is 4.05. The molecule has 0 bridgehead atoms. The maximum Gasteiger partial charge on any atom is 0.417 e. The van der Waals surface area contributed by atoms with Gasteiger partial charge in [0.1, 0.15) is 4.88 Å². The fourth-order valence-electron chi connectivity index (χ4n) is 1.86. The maximum atomic E-state index is 12.9. The Labute approximate surface area is 140 Å². The number of esters is 1. The van der Waals surface area contributed by atoms with Crippen LogP contribution in [0, 0.1) is 6.92 Å². The Morgan fingerprint density at radius 3 is 2.79 bits per heavy atom.